The van der Waals surface area contributed by atoms with Crippen LogP contribution in [-0.4, -0.2) is 33.9 Å². The number of benzene rings is 1. The Hall–Kier alpha value is -2.91. The van der Waals surface area contributed by atoms with Crippen molar-refractivity contribution in [3.05, 3.63) is 51.7 Å². The van der Waals surface area contributed by atoms with Gasteiger partial charge in [-0.05, 0) is 38.3 Å². The van der Waals surface area contributed by atoms with E-state index in [0.717, 1.165) is 53.0 Å². The second kappa shape index (κ2) is 9.70. The average molecular weight is 472 g/mol. The van der Waals surface area contributed by atoms with E-state index in [-0.39, 0.29) is 11.8 Å². The summed E-state index contributed by atoms with van der Waals surface area (Å²) in [5.74, 6) is 1.94. The van der Waals surface area contributed by atoms with E-state index in [1.165, 1.54) is 0 Å². The van der Waals surface area contributed by atoms with Gasteiger partial charge in [0.15, 0.2) is 5.13 Å². The third-order valence-electron chi connectivity index (χ3n) is 5.50. The first kappa shape index (κ1) is 22.3. The molecule has 0 unspecified atom stereocenters. The van der Waals surface area contributed by atoms with Crippen LogP contribution >= 0.6 is 22.9 Å². The van der Waals surface area contributed by atoms with Crippen molar-refractivity contribution in [2.75, 3.05) is 28.6 Å². The molecule has 1 saturated heterocycles. The van der Waals surface area contributed by atoms with E-state index in [9.17, 15) is 4.79 Å². The Morgan fingerprint density at radius 2 is 2.06 bits per heavy atom. The monoisotopic (exact) mass is 471 g/mol. The molecule has 1 aliphatic rings. The number of thiazole rings is 1. The second-order valence-corrected chi connectivity index (χ2v) is 9.39. The fourth-order valence-corrected chi connectivity index (χ4v) is 4.81. The minimum absolute atomic E-state index is 0.0521. The van der Waals surface area contributed by atoms with Crippen LogP contribution in [0, 0.1) is 19.8 Å². The number of hydrogen-bond donors (Lipinski definition) is 3. The number of primary amides is 1. The molecule has 10 heteroatoms. The first-order valence-electron chi connectivity index (χ1n) is 10.5. The molecular formula is C22H26ClN7OS. The lowest BCUT2D eigenvalue weighted by Crippen LogP contribution is -2.39. The van der Waals surface area contributed by atoms with Gasteiger partial charge in [0.1, 0.15) is 17.5 Å². The Labute approximate surface area is 196 Å². The van der Waals surface area contributed by atoms with Crippen LogP contribution < -0.4 is 21.3 Å². The Kier molecular flexibility index (Phi) is 6.76. The molecule has 3 heterocycles. The SMILES string of the molecule is Cc1nc(Nc2ncc(CNc3c(C)cccc3Cl)s2)cc(N2CCC(C(N)=O)CC2)n1. The van der Waals surface area contributed by atoms with Crippen LogP contribution in [0.4, 0.5) is 22.5 Å². The lowest BCUT2D eigenvalue weighted by atomic mass is 9.96. The molecule has 0 radical (unpaired) electrons. The number of aromatic nitrogens is 3. The van der Waals surface area contributed by atoms with Crippen molar-refractivity contribution >= 4 is 51.3 Å². The summed E-state index contributed by atoms with van der Waals surface area (Å²) in [5.41, 5.74) is 7.49. The fourth-order valence-electron chi connectivity index (χ4n) is 3.76. The number of nitrogens with two attached hydrogens (primary N) is 1. The molecule has 8 nitrogen and oxygen atoms in total. The molecule has 4 rings (SSSR count). The first-order chi connectivity index (χ1) is 15.4. The maximum atomic E-state index is 11.4. The van der Waals surface area contributed by atoms with Crippen molar-refractivity contribution in [3.8, 4) is 0 Å². The van der Waals surface area contributed by atoms with Gasteiger partial charge in [-0.25, -0.2) is 15.0 Å². The van der Waals surface area contributed by atoms with Crippen LogP contribution in [0.1, 0.15) is 29.1 Å². The lowest BCUT2D eigenvalue weighted by Gasteiger charge is -2.31. The van der Waals surface area contributed by atoms with Crippen molar-refractivity contribution < 1.29 is 4.79 Å². The number of halogens is 1. The number of hydrogen-bond acceptors (Lipinski definition) is 8. The molecule has 0 saturated carbocycles. The molecule has 2 aromatic heterocycles. The molecule has 1 amide bonds. The minimum atomic E-state index is -0.218. The number of carbonyl (C=O) groups is 1. The van der Waals surface area contributed by atoms with Gasteiger partial charge in [-0.3, -0.25) is 4.79 Å². The highest BCUT2D eigenvalue weighted by Crippen LogP contribution is 2.29. The first-order valence-corrected chi connectivity index (χ1v) is 11.7. The lowest BCUT2D eigenvalue weighted by molar-refractivity contribution is -0.122. The van der Waals surface area contributed by atoms with Crippen LogP contribution in [0.15, 0.2) is 30.5 Å². The van der Waals surface area contributed by atoms with Gasteiger partial charge in [-0.2, -0.15) is 0 Å². The zero-order valence-corrected chi connectivity index (χ0v) is 19.6. The number of piperidine rings is 1. The fraction of sp³-hybridized carbons (Fsp3) is 0.364. The van der Waals surface area contributed by atoms with E-state index in [0.29, 0.717) is 23.2 Å². The molecule has 4 N–H and O–H groups in total. The molecular weight excluding hydrogens is 446 g/mol. The minimum Gasteiger partial charge on any atom is -0.379 e. The molecule has 0 spiro atoms. The summed E-state index contributed by atoms with van der Waals surface area (Å²) in [4.78, 5) is 28.2. The van der Waals surface area contributed by atoms with E-state index in [2.05, 4.69) is 30.5 Å². The van der Waals surface area contributed by atoms with Gasteiger partial charge in [0.05, 0.1) is 17.3 Å². The van der Waals surface area contributed by atoms with Crippen LogP contribution in [0.25, 0.3) is 0 Å². The number of aryl methyl sites for hydroxylation is 2. The highest BCUT2D eigenvalue weighted by molar-refractivity contribution is 7.15. The second-order valence-electron chi connectivity index (χ2n) is 7.86. The number of rotatable bonds is 7. The van der Waals surface area contributed by atoms with Crippen LogP contribution in [-0.2, 0) is 11.3 Å². The topological polar surface area (TPSA) is 109 Å². The van der Waals surface area contributed by atoms with Gasteiger partial charge < -0.3 is 21.3 Å². The van der Waals surface area contributed by atoms with Crippen LogP contribution in [0.3, 0.4) is 0 Å². The van der Waals surface area contributed by atoms with Gasteiger partial charge in [0.25, 0.3) is 0 Å². The summed E-state index contributed by atoms with van der Waals surface area (Å²) in [5, 5.41) is 8.15. The van der Waals surface area contributed by atoms with E-state index >= 15 is 0 Å². The van der Waals surface area contributed by atoms with Gasteiger partial charge in [0.2, 0.25) is 5.91 Å². The van der Waals surface area contributed by atoms with E-state index in [4.69, 9.17) is 17.3 Å². The van der Waals surface area contributed by atoms with Crippen molar-refractivity contribution in [2.45, 2.75) is 33.2 Å². The van der Waals surface area contributed by atoms with E-state index < -0.39 is 0 Å². The molecule has 32 heavy (non-hydrogen) atoms. The maximum Gasteiger partial charge on any atom is 0.220 e. The maximum absolute atomic E-state index is 11.4. The Balaban J connectivity index is 1.40. The number of nitrogens with one attached hydrogen (secondary N) is 2. The van der Waals surface area contributed by atoms with Crippen molar-refractivity contribution in [2.24, 2.45) is 11.7 Å². The van der Waals surface area contributed by atoms with Gasteiger partial charge in [-0.1, -0.05) is 35.1 Å². The zero-order valence-electron chi connectivity index (χ0n) is 18.1. The molecule has 0 atom stereocenters. The third kappa shape index (κ3) is 5.28. The molecule has 1 fully saturated rings. The van der Waals surface area contributed by atoms with Crippen LogP contribution in [0.2, 0.25) is 5.02 Å². The van der Waals surface area contributed by atoms with E-state index in [1.807, 2.05) is 44.3 Å². The summed E-state index contributed by atoms with van der Waals surface area (Å²) in [6.07, 6.45) is 3.33. The standard InChI is InChI=1S/C22H26ClN7OS/c1-13-4-3-5-17(23)20(13)25-11-16-12-26-22(32-16)29-18-10-19(28-14(2)27-18)30-8-6-15(7-9-30)21(24)31/h3-5,10,12,15,25H,6-9,11H2,1-2H3,(H2,24,31)(H,26,27,28,29). The predicted octanol–water partition coefficient (Wildman–Crippen LogP) is 4.26. The Morgan fingerprint density at radius 1 is 1.28 bits per heavy atom. The average Bonchev–Trinajstić information content (AvgIpc) is 3.20. The zero-order chi connectivity index (χ0) is 22.7. The van der Waals surface area contributed by atoms with Crippen molar-refractivity contribution in [1.29, 1.82) is 0 Å². The smallest absolute Gasteiger partial charge is 0.220 e. The number of anilines is 4. The largest absolute Gasteiger partial charge is 0.379 e. The number of para-hydroxylation sites is 1. The van der Waals surface area contributed by atoms with Gasteiger partial charge in [0, 0.05) is 36.1 Å². The van der Waals surface area contributed by atoms with Gasteiger partial charge >= 0.3 is 0 Å². The summed E-state index contributed by atoms with van der Waals surface area (Å²) in [6, 6.07) is 7.76. The highest BCUT2D eigenvalue weighted by Gasteiger charge is 2.24. The van der Waals surface area contributed by atoms with Crippen LogP contribution in [0.5, 0.6) is 0 Å². The predicted molar refractivity (Wildman–Crippen MR) is 130 cm³/mol. The molecule has 1 aromatic carbocycles. The number of carbonyl (C=O) groups excluding carboxylic acids is 1. The van der Waals surface area contributed by atoms with Crippen molar-refractivity contribution in [1.82, 2.24) is 15.0 Å². The third-order valence-corrected chi connectivity index (χ3v) is 6.72. The normalized spacial score (nSPS) is 14.4. The van der Waals surface area contributed by atoms with Gasteiger partial charge in [-0.15, -0.1) is 0 Å². The van der Waals surface area contributed by atoms with E-state index in [1.54, 1.807) is 11.3 Å². The summed E-state index contributed by atoms with van der Waals surface area (Å²) in [6.45, 7) is 6.02. The summed E-state index contributed by atoms with van der Waals surface area (Å²) in [7, 11) is 0. The molecule has 0 bridgehead atoms. The Bertz CT molecular complexity index is 1090. The molecule has 1 aliphatic heterocycles. The summed E-state index contributed by atoms with van der Waals surface area (Å²) >= 11 is 7.85. The number of nitrogens with zero attached hydrogens (tertiary/aromatic N) is 4. The van der Waals surface area contributed by atoms with Crippen molar-refractivity contribution in [3.63, 3.8) is 0 Å². The molecule has 168 valence electrons. The highest BCUT2D eigenvalue weighted by atomic mass is 35.5. The quantitative estimate of drug-likeness (QED) is 0.472. The molecule has 3 aromatic rings. The Morgan fingerprint density at radius 3 is 2.78 bits per heavy atom. The molecule has 0 aliphatic carbocycles. The summed E-state index contributed by atoms with van der Waals surface area (Å²) < 4.78 is 0. The number of amides is 1.